The molecule has 2 aromatic rings. The summed E-state index contributed by atoms with van der Waals surface area (Å²) in [5.74, 6) is 0.699. The number of pyridine rings is 1. The van der Waals surface area contributed by atoms with E-state index in [-0.39, 0.29) is 28.2 Å². The van der Waals surface area contributed by atoms with Crippen molar-refractivity contribution in [2.75, 3.05) is 41.0 Å². The predicted octanol–water partition coefficient (Wildman–Crippen LogP) is 5.37. The lowest BCUT2D eigenvalue weighted by Gasteiger charge is -2.34. The summed E-state index contributed by atoms with van der Waals surface area (Å²) in [5, 5.41) is 15.9. The molecule has 2 heterocycles. The number of piperidine rings is 1. The maximum Gasteiger partial charge on any atom is 0.259 e. The average molecular weight is 563 g/mol. The van der Waals surface area contributed by atoms with Crippen molar-refractivity contribution >= 4 is 44.7 Å². The topological polar surface area (TPSA) is 112 Å². The first-order chi connectivity index (χ1) is 17.6. The molecule has 8 nitrogen and oxygen atoms in total. The van der Waals surface area contributed by atoms with Gasteiger partial charge in [0.1, 0.15) is 11.6 Å². The lowest BCUT2D eigenvalue weighted by molar-refractivity contribution is 0.102. The highest BCUT2D eigenvalue weighted by molar-refractivity contribution is 7.91. The van der Waals surface area contributed by atoms with E-state index in [4.69, 9.17) is 16.6 Å². The van der Waals surface area contributed by atoms with Crippen molar-refractivity contribution in [2.24, 2.45) is 10.8 Å². The third-order valence-electron chi connectivity index (χ3n) is 7.21. The minimum atomic E-state index is -3.66. The largest absolute Gasteiger partial charge is 0.394 e. The van der Waals surface area contributed by atoms with Crippen LogP contribution in [0, 0.1) is 10.8 Å². The Kier molecular flexibility index (Phi) is 7.78. The van der Waals surface area contributed by atoms with Crippen molar-refractivity contribution in [3.63, 3.8) is 0 Å². The third-order valence-corrected chi connectivity index (χ3v) is 9.90. The first-order valence-corrected chi connectivity index (χ1v) is 15.1. The molecule has 0 bridgehead atoms. The number of carbonyl (C=O) groups is 1. The average Bonchev–Trinajstić information content (AvgIpc) is 3.57. The standard InChI is InChI=1S/C28H39ClN4O4S/c1-26(2,3)18-38(36,37)22-16-19(6-8-21(22)29)30-25(35)20-7-9-23(32-27(4,5)17-34)31-24(20)33-14-12-28(10-11-28)13-15-33/h6-9,16,34H,10-15,17-18H2,1-5H3,(H,30,35)(H,31,32). The highest BCUT2D eigenvalue weighted by Crippen LogP contribution is 2.54. The van der Waals surface area contributed by atoms with Gasteiger partial charge < -0.3 is 20.6 Å². The third kappa shape index (κ3) is 6.79. The van der Waals surface area contributed by atoms with Gasteiger partial charge in [0.25, 0.3) is 5.91 Å². The molecule has 208 valence electrons. The van der Waals surface area contributed by atoms with E-state index in [9.17, 15) is 18.3 Å². The molecule has 3 N–H and O–H groups in total. The number of aliphatic hydroxyl groups is 1. The fourth-order valence-electron chi connectivity index (χ4n) is 4.86. The molecule has 0 unspecified atom stereocenters. The highest BCUT2D eigenvalue weighted by Gasteiger charge is 2.45. The number of carbonyl (C=O) groups excluding carboxylic acids is 1. The zero-order valence-corrected chi connectivity index (χ0v) is 24.5. The van der Waals surface area contributed by atoms with Gasteiger partial charge in [-0.1, -0.05) is 32.4 Å². The number of nitrogens with one attached hydrogen (secondary N) is 2. The predicted molar refractivity (Wildman–Crippen MR) is 153 cm³/mol. The van der Waals surface area contributed by atoms with Crippen LogP contribution < -0.4 is 15.5 Å². The molecule has 10 heteroatoms. The van der Waals surface area contributed by atoms with Gasteiger partial charge in [-0.2, -0.15) is 0 Å². The molecule has 1 aliphatic carbocycles. The van der Waals surface area contributed by atoms with Crippen molar-refractivity contribution in [2.45, 2.75) is 70.7 Å². The van der Waals surface area contributed by atoms with Crippen LogP contribution in [0.2, 0.25) is 5.02 Å². The van der Waals surface area contributed by atoms with E-state index in [1.807, 2.05) is 34.6 Å². The number of sulfone groups is 1. The second-order valence-corrected chi connectivity index (χ2v) is 15.0. The van der Waals surface area contributed by atoms with Gasteiger partial charge >= 0.3 is 0 Å². The fraction of sp³-hybridized carbons (Fsp3) is 0.571. The zero-order chi connectivity index (χ0) is 27.9. The quantitative estimate of drug-likeness (QED) is 0.396. The number of nitrogens with zero attached hydrogens (tertiary/aromatic N) is 2. The summed E-state index contributed by atoms with van der Waals surface area (Å²) in [5.41, 5.74) is 0.184. The van der Waals surface area contributed by atoms with Gasteiger partial charge in [0, 0.05) is 18.8 Å². The van der Waals surface area contributed by atoms with E-state index in [0.29, 0.717) is 28.3 Å². The van der Waals surface area contributed by atoms with Crippen LogP contribution in [-0.4, -0.2) is 55.4 Å². The highest BCUT2D eigenvalue weighted by atomic mass is 35.5. The van der Waals surface area contributed by atoms with Gasteiger partial charge in [-0.05, 0) is 80.7 Å². The van der Waals surface area contributed by atoms with Crippen LogP contribution in [0.25, 0.3) is 0 Å². The number of aliphatic hydroxyl groups excluding tert-OH is 1. The summed E-state index contributed by atoms with van der Waals surface area (Å²) in [4.78, 5) is 20.5. The maximum absolute atomic E-state index is 13.5. The van der Waals surface area contributed by atoms with Crippen LogP contribution in [0.4, 0.5) is 17.3 Å². The van der Waals surface area contributed by atoms with Gasteiger partial charge in [-0.25, -0.2) is 13.4 Å². The number of amides is 1. The molecule has 1 aliphatic heterocycles. The molecule has 1 saturated carbocycles. The lowest BCUT2D eigenvalue weighted by Crippen LogP contribution is -2.38. The van der Waals surface area contributed by atoms with Gasteiger partial charge in [-0.15, -0.1) is 0 Å². The number of rotatable bonds is 8. The molecule has 1 aromatic carbocycles. The monoisotopic (exact) mass is 562 g/mol. The maximum atomic E-state index is 13.5. The fourth-order valence-corrected chi connectivity index (χ4v) is 7.30. The van der Waals surface area contributed by atoms with Crippen molar-refractivity contribution in [3.8, 4) is 0 Å². The molecular weight excluding hydrogens is 524 g/mol. The zero-order valence-electron chi connectivity index (χ0n) is 22.9. The van der Waals surface area contributed by atoms with Crippen molar-refractivity contribution < 1.29 is 18.3 Å². The second kappa shape index (κ2) is 10.3. The summed E-state index contributed by atoms with van der Waals surface area (Å²) in [7, 11) is -3.66. The van der Waals surface area contributed by atoms with Crippen LogP contribution >= 0.6 is 11.6 Å². The van der Waals surface area contributed by atoms with E-state index in [1.54, 1.807) is 18.2 Å². The Morgan fingerprint density at radius 2 is 1.74 bits per heavy atom. The van der Waals surface area contributed by atoms with Gasteiger partial charge in [-0.3, -0.25) is 4.79 Å². The number of benzene rings is 1. The Balaban J connectivity index is 1.63. The summed E-state index contributed by atoms with van der Waals surface area (Å²) in [6, 6.07) is 7.97. The van der Waals surface area contributed by atoms with Gasteiger partial charge in [0.15, 0.2) is 9.84 Å². The minimum Gasteiger partial charge on any atom is -0.394 e. The van der Waals surface area contributed by atoms with E-state index in [2.05, 4.69) is 15.5 Å². The Hall–Kier alpha value is -2.36. The number of hydrogen-bond donors (Lipinski definition) is 3. The molecule has 1 saturated heterocycles. The number of aromatic nitrogens is 1. The van der Waals surface area contributed by atoms with E-state index >= 15 is 0 Å². The van der Waals surface area contributed by atoms with Crippen LogP contribution in [0.5, 0.6) is 0 Å². The number of halogens is 1. The van der Waals surface area contributed by atoms with Gasteiger partial charge in [0.05, 0.1) is 33.4 Å². The van der Waals surface area contributed by atoms with Crippen LogP contribution in [-0.2, 0) is 9.84 Å². The molecule has 4 rings (SSSR count). The molecule has 0 radical (unpaired) electrons. The van der Waals surface area contributed by atoms with E-state index in [0.717, 1.165) is 25.9 Å². The Morgan fingerprint density at radius 1 is 1.08 bits per heavy atom. The molecule has 0 atom stereocenters. The SMILES string of the molecule is CC(C)(C)CS(=O)(=O)c1cc(NC(=O)c2ccc(NC(C)(C)CO)nc2N2CCC3(CC2)CC3)ccc1Cl. The lowest BCUT2D eigenvalue weighted by atomic mass is 9.93. The molecular formula is C28H39ClN4O4S. The van der Waals surface area contributed by atoms with Crippen molar-refractivity contribution in [3.05, 3.63) is 40.9 Å². The van der Waals surface area contributed by atoms with Crippen LogP contribution in [0.15, 0.2) is 35.2 Å². The molecule has 38 heavy (non-hydrogen) atoms. The van der Waals surface area contributed by atoms with Crippen molar-refractivity contribution in [1.82, 2.24) is 4.98 Å². The number of anilines is 3. The summed E-state index contributed by atoms with van der Waals surface area (Å²) in [6.45, 7) is 10.9. The Labute approximate surface area is 231 Å². The summed E-state index contributed by atoms with van der Waals surface area (Å²) >= 11 is 6.27. The first kappa shape index (κ1) is 28.6. The molecule has 1 spiro atoms. The minimum absolute atomic E-state index is 0.00165. The van der Waals surface area contributed by atoms with Crippen LogP contribution in [0.1, 0.15) is 70.7 Å². The first-order valence-electron chi connectivity index (χ1n) is 13.1. The van der Waals surface area contributed by atoms with Crippen LogP contribution in [0.3, 0.4) is 0 Å². The van der Waals surface area contributed by atoms with Gasteiger partial charge in [0.2, 0.25) is 0 Å². The molecule has 1 aromatic heterocycles. The second-order valence-electron chi connectivity index (χ2n) is 12.6. The molecule has 2 aliphatic rings. The molecule has 1 amide bonds. The van der Waals surface area contributed by atoms with E-state index in [1.165, 1.54) is 25.0 Å². The smallest absolute Gasteiger partial charge is 0.259 e. The Morgan fingerprint density at radius 3 is 2.32 bits per heavy atom. The molecule has 2 fully saturated rings. The summed E-state index contributed by atoms with van der Waals surface area (Å²) < 4.78 is 26.1. The van der Waals surface area contributed by atoms with E-state index < -0.39 is 20.8 Å². The normalized spacial score (nSPS) is 17.4. The Bertz CT molecular complexity index is 1310. The van der Waals surface area contributed by atoms with Crippen molar-refractivity contribution in [1.29, 1.82) is 0 Å². The summed E-state index contributed by atoms with van der Waals surface area (Å²) in [6.07, 6.45) is 4.68. The number of hydrogen-bond acceptors (Lipinski definition) is 7.